The number of nitrogens with zero attached hydrogens (tertiary/aromatic N) is 1. The molecule has 1 unspecified atom stereocenters. The van der Waals surface area contributed by atoms with Gasteiger partial charge in [0.2, 0.25) is 0 Å². The molecule has 0 aliphatic carbocycles. The van der Waals surface area contributed by atoms with Crippen molar-refractivity contribution in [3.05, 3.63) is 15.6 Å². The monoisotopic (exact) mass is 314 g/mol. The molecule has 3 nitrogen and oxygen atoms in total. The summed E-state index contributed by atoms with van der Waals surface area (Å²) in [5, 5.41) is 4.69. The maximum Gasteiger partial charge on any atom is 0.123 e. The molecule has 1 aliphatic heterocycles. The van der Waals surface area contributed by atoms with Crippen LogP contribution in [0.1, 0.15) is 48.9 Å². The van der Waals surface area contributed by atoms with Gasteiger partial charge in [0.15, 0.2) is 0 Å². The van der Waals surface area contributed by atoms with E-state index in [0.717, 1.165) is 37.6 Å². The molecule has 1 aromatic heterocycles. The zero-order valence-electron chi connectivity index (χ0n) is 12.8. The van der Waals surface area contributed by atoms with Crippen LogP contribution in [0.5, 0.6) is 0 Å². The van der Waals surface area contributed by atoms with Crippen molar-refractivity contribution in [2.24, 2.45) is 5.92 Å². The minimum Gasteiger partial charge on any atom is -0.369 e. The van der Waals surface area contributed by atoms with Crippen molar-refractivity contribution in [3.8, 4) is 0 Å². The fraction of sp³-hybridized carbons (Fsp3) is 0.800. The van der Waals surface area contributed by atoms with Crippen LogP contribution in [0.4, 0.5) is 0 Å². The van der Waals surface area contributed by atoms with Crippen LogP contribution >= 0.6 is 23.1 Å². The van der Waals surface area contributed by atoms with Gasteiger partial charge in [0.1, 0.15) is 11.1 Å². The molecule has 20 heavy (non-hydrogen) atoms. The lowest BCUT2D eigenvalue weighted by atomic mass is 10.1. The summed E-state index contributed by atoms with van der Waals surface area (Å²) in [5.74, 6) is 2.82. The molecule has 1 aromatic rings. The van der Waals surface area contributed by atoms with Crippen molar-refractivity contribution in [1.29, 1.82) is 0 Å². The standard InChI is InChI=1S/C15H26N2OS2/c1-4-5-16-9-14-12(8-11(2)3)17-15(20-14)13-10-19-7-6-18-13/h11,13,16H,4-10H2,1-3H3. The van der Waals surface area contributed by atoms with Gasteiger partial charge < -0.3 is 10.1 Å². The second-order valence-corrected chi connectivity index (χ2v) is 7.90. The molecular formula is C15H26N2OS2. The number of thioether (sulfide) groups is 1. The lowest BCUT2D eigenvalue weighted by Gasteiger charge is -2.19. The van der Waals surface area contributed by atoms with E-state index in [0.29, 0.717) is 5.92 Å². The highest BCUT2D eigenvalue weighted by atomic mass is 32.2. The minimum atomic E-state index is 0.213. The van der Waals surface area contributed by atoms with Gasteiger partial charge in [0.05, 0.1) is 12.3 Å². The van der Waals surface area contributed by atoms with Crippen molar-refractivity contribution in [2.75, 3.05) is 24.7 Å². The normalized spacial score (nSPS) is 19.7. The van der Waals surface area contributed by atoms with E-state index >= 15 is 0 Å². The zero-order valence-corrected chi connectivity index (χ0v) is 14.4. The van der Waals surface area contributed by atoms with E-state index < -0.39 is 0 Å². The molecule has 1 fully saturated rings. The maximum atomic E-state index is 5.87. The third kappa shape index (κ3) is 4.72. The maximum absolute atomic E-state index is 5.87. The van der Waals surface area contributed by atoms with E-state index in [1.165, 1.54) is 22.0 Å². The fourth-order valence-electron chi connectivity index (χ4n) is 2.23. The Morgan fingerprint density at radius 3 is 2.95 bits per heavy atom. The molecule has 2 rings (SSSR count). The summed E-state index contributed by atoms with van der Waals surface area (Å²) in [7, 11) is 0. The quantitative estimate of drug-likeness (QED) is 0.779. The van der Waals surface area contributed by atoms with Crippen LogP contribution in [0.15, 0.2) is 0 Å². The first-order valence-electron chi connectivity index (χ1n) is 7.59. The summed E-state index contributed by atoms with van der Waals surface area (Å²) in [6, 6.07) is 0. The molecule has 1 N–H and O–H groups in total. The summed E-state index contributed by atoms with van der Waals surface area (Å²) in [6.07, 6.45) is 2.46. The van der Waals surface area contributed by atoms with Gasteiger partial charge in [-0.1, -0.05) is 20.8 Å². The smallest absolute Gasteiger partial charge is 0.123 e. The van der Waals surface area contributed by atoms with Crippen LogP contribution in [-0.2, 0) is 17.7 Å². The van der Waals surface area contributed by atoms with Crippen LogP contribution < -0.4 is 5.32 Å². The second kappa shape index (κ2) is 8.37. The lowest BCUT2D eigenvalue weighted by Crippen LogP contribution is -2.15. The van der Waals surface area contributed by atoms with Crippen LogP contribution in [-0.4, -0.2) is 29.6 Å². The second-order valence-electron chi connectivity index (χ2n) is 5.63. The predicted molar refractivity (Wildman–Crippen MR) is 88.7 cm³/mol. The fourth-order valence-corrected chi connectivity index (χ4v) is 4.30. The van der Waals surface area contributed by atoms with E-state index in [9.17, 15) is 0 Å². The van der Waals surface area contributed by atoms with Gasteiger partial charge in [-0.05, 0) is 25.3 Å². The van der Waals surface area contributed by atoms with Crippen molar-refractivity contribution in [1.82, 2.24) is 10.3 Å². The number of ether oxygens (including phenoxy) is 1. The van der Waals surface area contributed by atoms with Gasteiger partial charge in [-0.25, -0.2) is 4.98 Å². The highest BCUT2D eigenvalue weighted by Crippen LogP contribution is 2.32. The Morgan fingerprint density at radius 2 is 2.30 bits per heavy atom. The molecule has 1 saturated heterocycles. The molecule has 1 atom stereocenters. The first-order chi connectivity index (χ1) is 9.70. The van der Waals surface area contributed by atoms with Crippen molar-refractivity contribution < 1.29 is 4.74 Å². The van der Waals surface area contributed by atoms with Gasteiger partial charge in [0, 0.05) is 22.9 Å². The first kappa shape index (κ1) is 16.3. The molecule has 0 saturated carbocycles. The average molecular weight is 315 g/mol. The molecule has 2 heterocycles. The largest absolute Gasteiger partial charge is 0.369 e. The average Bonchev–Trinajstić information content (AvgIpc) is 2.83. The van der Waals surface area contributed by atoms with Crippen molar-refractivity contribution in [3.63, 3.8) is 0 Å². The van der Waals surface area contributed by atoms with E-state index in [-0.39, 0.29) is 6.10 Å². The molecule has 0 bridgehead atoms. The molecule has 0 amide bonds. The summed E-state index contributed by atoms with van der Waals surface area (Å²) in [5.41, 5.74) is 1.28. The van der Waals surface area contributed by atoms with E-state index in [1.807, 2.05) is 23.1 Å². The summed E-state index contributed by atoms with van der Waals surface area (Å²) in [4.78, 5) is 6.30. The molecule has 114 valence electrons. The molecule has 1 aliphatic rings. The van der Waals surface area contributed by atoms with Crippen LogP contribution in [0, 0.1) is 5.92 Å². The Labute approximate surface area is 130 Å². The SMILES string of the molecule is CCCNCc1sc(C2CSCCO2)nc1CC(C)C. The number of hydrogen-bond acceptors (Lipinski definition) is 5. The van der Waals surface area contributed by atoms with E-state index in [2.05, 4.69) is 26.1 Å². The Balaban J connectivity index is 2.08. The van der Waals surface area contributed by atoms with E-state index in [4.69, 9.17) is 9.72 Å². The molecular weight excluding hydrogens is 288 g/mol. The summed E-state index contributed by atoms with van der Waals surface area (Å²) >= 11 is 3.82. The van der Waals surface area contributed by atoms with Crippen molar-refractivity contribution >= 4 is 23.1 Å². The highest BCUT2D eigenvalue weighted by Gasteiger charge is 2.22. The highest BCUT2D eigenvalue weighted by molar-refractivity contribution is 7.99. The Morgan fingerprint density at radius 1 is 1.45 bits per heavy atom. The van der Waals surface area contributed by atoms with Crippen LogP contribution in [0.3, 0.4) is 0 Å². The number of nitrogens with one attached hydrogen (secondary N) is 1. The van der Waals surface area contributed by atoms with Gasteiger partial charge in [-0.3, -0.25) is 0 Å². The Hall–Kier alpha value is -0.100. The Bertz CT molecular complexity index is 401. The number of hydrogen-bond donors (Lipinski definition) is 1. The first-order valence-corrected chi connectivity index (χ1v) is 9.56. The topological polar surface area (TPSA) is 34.1 Å². The molecule has 5 heteroatoms. The molecule has 0 spiro atoms. The number of rotatable bonds is 7. The lowest BCUT2D eigenvalue weighted by molar-refractivity contribution is 0.0754. The van der Waals surface area contributed by atoms with E-state index in [1.54, 1.807) is 0 Å². The van der Waals surface area contributed by atoms with Crippen molar-refractivity contribution in [2.45, 2.75) is 46.3 Å². The predicted octanol–water partition coefficient (Wildman–Crippen LogP) is 3.65. The van der Waals surface area contributed by atoms with Crippen LogP contribution in [0.2, 0.25) is 0 Å². The minimum absolute atomic E-state index is 0.213. The third-order valence-electron chi connectivity index (χ3n) is 3.20. The summed E-state index contributed by atoms with van der Waals surface area (Å²) in [6.45, 7) is 9.60. The van der Waals surface area contributed by atoms with Gasteiger partial charge in [-0.2, -0.15) is 11.8 Å². The Kier molecular flexibility index (Phi) is 6.81. The van der Waals surface area contributed by atoms with Gasteiger partial charge in [-0.15, -0.1) is 11.3 Å². The van der Waals surface area contributed by atoms with Gasteiger partial charge in [0.25, 0.3) is 0 Å². The number of aromatic nitrogens is 1. The molecule has 0 aromatic carbocycles. The molecule has 0 radical (unpaired) electrons. The summed E-state index contributed by atoms with van der Waals surface area (Å²) < 4.78 is 5.87. The number of thiazole rings is 1. The third-order valence-corrected chi connectivity index (χ3v) is 5.38. The zero-order chi connectivity index (χ0) is 14.4. The van der Waals surface area contributed by atoms with Crippen LogP contribution in [0.25, 0.3) is 0 Å². The van der Waals surface area contributed by atoms with Gasteiger partial charge >= 0.3 is 0 Å².